The van der Waals surface area contributed by atoms with Gasteiger partial charge in [0.25, 0.3) is 0 Å². The fourth-order valence-corrected chi connectivity index (χ4v) is 3.01. The van der Waals surface area contributed by atoms with Gasteiger partial charge in [-0.15, -0.1) is 0 Å². The Bertz CT molecular complexity index is 583. The number of carbonyl (C=O) groups is 1. The Kier molecular flexibility index (Phi) is 5.59. The number of aliphatic hydroxyl groups excluding tert-OH is 1. The number of fused-ring (bicyclic) bond motifs is 1. The molecule has 1 aromatic carbocycles. The average Bonchev–Trinajstić information content (AvgIpc) is 2.79. The number of methoxy groups -OCH3 is 1. The molecule has 0 aliphatic carbocycles. The first-order chi connectivity index (χ1) is 11.2. The molecule has 0 aromatic heterocycles. The molecule has 1 aromatic rings. The number of alkyl carbamates (subject to hydrolysis) is 1. The van der Waals surface area contributed by atoms with E-state index in [0.717, 1.165) is 17.0 Å². The van der Waals surface area contributed by atoms with E-state index in [-0.39, 0.29) is 24.6 Å². The van der Waals surface area contributed by atoms with Gasteiger partial charge < -0.3 is 25.2 Å². The molecule has 0 saturated heterocycles. The Labute approximate surface area is 143 Å². The summed E-state index contributed by atoms with van der Waals surface area (Å²) < 4.78 is 10.6. The first-order valence-corrected chi connectivity index (χ1v) is 8.28. The summed E-state index contributed by atoms with van der Waals surface area (Å²) in [6.45, 7) is 7.39. The second-order valence-corrected chi connectivity index (χ2v) is 7.25. The zero-order chi connectivity index (χ0) is 17.9. The molecular formula is C18H28N2O4. The molecule has 134 valence electrons. The molecule has 0 saturated carbocycles. The third-order valence-electron chi connectivity index (χ3n) is 4.12. The molecule has 1 amide bonds. The number of hydrogen-bond acceptors (Lipinski definition) is 5. The summed E-state index contributed by atoms with van der Waals surface area (Å²) in [5.41, 5.74) is 1.65. The number of hydrogen-bond donors (Lipinski definition) is 3. The van der Waals surface area contributed by atoms with Crippen LogP contribution in [0, 0.1) is 0 Å². The zero-order valence-electron chi connectivity index (χ0n) is 15.1. The molecule has 0 fully saturated rings. The van der Waals surface area contributed by atoms with E-state index in [0.29, 0.717) is 6.42 Å². The molecule has 6 nitrogen and oxygen atoms in total. The van der Waals surface area contributed by atoms with Crippen molar-refractivity contribution in [1.82, 2.24) is 5.32 Å². The van der Waals surface area contributed by atoms with E-state index in [1.807, 2.05) is 39.0 Å². The van der Waals surface area contributed by atoms with Crippen LogP contribution in [-0.4, -0.2) is 42.6 Å². The fraction of sp³-hybridized carbons (Fsp3) is 0.611. The average molecular weight is 336 g/mol. The van der Waals surface area contributed by atoms with Crippen LogP contribution < -0.4 is 15.4 Å². The lowest BCUT2D eigenvalue weighted by molar-refractivity contribution is 0.0476. The second-order valence-electron chi connectivity index (χ2n) is 7.25. The van der Waals surface area contributed by atoms with Gasteiger partial charge in [0.1, 0.15) is 11.4 Å². The van der Waals surface area contributed by atoms with Crippen molar-refractivity contribution in [3.8, 4) is 5.75 Å². The minimum atomic E-state index is -0.563. The van der Waals surface area contributed by atoms with Crippen LogP contribution in [0.1, 0.15) is 45.6 Å². The summed E-state index contributed by atoms with van der Waals surface area (Å²) in [7, 11) is 1.64. The minimum absolute atomic E-state index is 0.137. The predicted octanol–water partition coefficient (Wildman–Crippen LogP) is 2.87. The predicted molar refractivity (Wildman–Crippen MR) is 93.7 cm³/mol. The van der Waals surface area contributed by atoms with Crippen molar-refractivity contribution >= 4 is 11.8 Å². The van der Waals surface area contributed by atoms with Gasteiger partial charge in [-0.25, -0.2) is 4.79 Å². The molecule has 1 aliphatic heterocycles. The van der Waals surface area contributed by atoms with Crippen LogP contribution in [0.3, 0.4) is 0 Å². The maximum atomic E-state index is 11.9. The number of carbonyl (C=O) groups excluding carboxylic acids is 1. The van der Waals surface area contributed by atoms with E-state index in [1.165, 1.54) is 0 Å². The van der Waals surface area contributed by atoms with Gasteiger partial charge in [-0.05, 0) is 57.9 Å². The van der Waals surface area contributed by atoms with Crippen molar-refractivity contribution in [2.24, 2.45) is 0 Å². The van der Waals surface area contributed by atoms with E-state index in [9.17, 15) is 9.90 Å². The lowest BCUT2D eigenvalue weighted by Crippen LogP contribution is -2.42. The summed E-state index contributed by atoms with van der Waals surface area (Å²) in [5, 5.41) is 15.9. The van der Waals surface area contributed by atoms with Crippen LogP contribution in [0.25, 0.3) is 0 Å². The fourth-order valence-electron chi connectivity index (χ4n) is 3.01. The van der Waals surface area contributed by atoms with Gasteiger partial charge in [0.05, 0.1) is 19.8 Å². The molecule has 2 unspecified atom stereocenters. The molecule has 6 heteroatoms. The van der Waals surface area contributed by atoms with Gasteiger partial charge in [0, 0.05) is 17.6 Å². The van der Waals surface area contributed by atoms with E-state index in [2.05, 4.69) is 17.6 Å². The van der Waals surface area contributed by atoms with Gasteiger partial charge in [-0.1, -0.05) is 0 Å². The molecule has 3 N–H and O–H groups in total. The lowest BCUT2D eigenvalue weighted by atomic mass is 9.89. The van der Waals surface area contributed by atoms with Gasteiger partial charge in [0.2, 0.25) is 0 Å². The van der Waals surface area contributed by atoms with E-state index in [4.69, 9.17) is 9.47 Å². The Morgan fingerprint density at radius 2 is 2.12 bits per heavy atom. The van der Waals surface area contributed by atoms with Crippen molar-refractivity contribution in [2.75, 3.05) is 19.0 Å². The first-order valence-electron chi connectivity index (χ1n) is 8.28. The maximum absolute atomic E-state index is 11.9. The Hall–Kier alpha value is -1.95. The first kappa shape index (κ1) is 18.4. The smallest absolute Gasteiger partial charge is 0.407 e. The standard InChI is InChI=1S/C18H28N2O4/c1-11-14(15-9-13(23-5)6-7-16(15)19-11)8-12(10-21)20-17(22)24-18(2,3)4/h6-7,9,11-12,14,19,21H,8,10H2,1-5H3,(H,20,22)/t11?,12-,14?/m1/s1. The van der Waals surface area contributed by atoms with E-state index in [1.54, 1.807) is 7.11 Å². The van der Waals surface area contributed by atoms with Crippen LogP contribution >= 0.6 is 0 Å². The summed E-state index contributed by atoms with van der Waals surface area (Å²) in [6.07, 6.45) is 0.107. The molecule has 24 heavy (non-hydrogen) atoms. The van der Waals surface area contributed by atoms with Crippen molar-refractivity contribution in [3.63, 3.8) is 0 Å². The summed E-state index contributed by atoms with van der Waals surface area (Å²) in [4.78, 5) is 11.9. The number of aliphatic hydroxyl groups is 1. The Balaban J connectivity index is 2.07. The highest BCUT2D eigenvalue weighted by Crippen LogP contribution is 2.40. The molecule has 1 heterocycles. The quantitative estimate of drug-likeness (QED) is 0.770. The normalized spacial score (nSPS) is 20.8. The van der Waals surface area contributed by atoms with Crippen LogP contribution in [-0.2, 0) is 4.74 Å². The van der Waals surface area contributed by atoms with Crippen LogP contribution in [0.4, 0.5) is 10.5 Å². The van der Waals surface area contributed by atoms with Crippen LogP contribution in [0.2, 0.25) is 0 Å². The SMILES string of the molecule is COc1ccc2c(c1)C(C[C@H](CO)NC(=O)OC(C)(C)C)C(C)N2. The van der Waals surface area contributed by atoms with Crippen molar-refractivity contribution < 1.29 is 19.4 Å². The summed E-state index contributed by atoms with van der Waals surface area (Å²) in [5.74, 6) is 0.970. The van der Waals surface area contributed by atoms with Crippen molar-refractivity contribution in [3.05, 3.63) is 23.8 Å². The highest BCUT2D eigenvalue weighted by molar-refractivity contribution is 5.68. The highest BCUT2D eigenvalue weighted by atomic mass is 16.6. The monoisotopic (exact) mass is 336 g/mol. The zero-order valence-corrected chi connectivity index (χ0v) is 15.1. The number of amides is 1. The van der Waals surface area contributed by atoms with Crippen molar-refractivity contribution in [2.45, 2.75) is 57.7 Å². The number of rotatable bonds is 5. The highest BCUT2D eigenvalue weighted by Gasteiger charge is 2.32. The number of anilines is 1. The van der Waals surface area contributed by atoms with Crippen LogP contribution in [0.15, 0.2) is 18.2 Å². The molecule has 3 atom stereocenters. The summed E-state index contributed by atoms with van der Waals surface area (Å²) in [6, 6.07) is 5.77. The van der Waals surface area contributed by atoms with E-state index >= 15 is 0 Å². The Morgan fingerprint density at radius 1 is 1.42 bits per heavy atom. The number of ether oxygens (including phenoxy) is 2. The third kappa shape index (κ3) is 4.54. The molecule has 2 rings (SSSR count). The second kappa shape index (κ2) is 7.30. The summed E-state index contributed by atoms with van der Waals surface area (Å²) >= 11 is 0. The topological polar surface area (TPSA) is 79.8 Å². The largest absolute Gasteiger partial charge is 0.497 e. The number of nitrogens with one attached hydrogen (secondary N) is 2. The molecule has 0 bridgehead atoms. The van der Waals surface area contributed by atoms with Gasteiger partial charge in [-0.2, -0.15) is 0 Å². The van der Waals surface area contributed by atoms with Crippen LogP contribution in [0.5, 0.6) is 5.75 Å². The van der Waals surface area contributed by atoms with Gasteiger partial charge in [-0.3, -0.25) is 0 Å². The lowest BCUT2D eigenvalue weighted by Gasteiger charge is -2.25. The molecule has 0 radical (unpaired) electrons. The van der Waals surface area contributed by atoms with Gasteiger partial charge >= 0.3 is 6.09 Å². The van der Waals surface area contributed by atoms with Gasteiger partial charge in [0.15, 0.2) is 0 Å². The number of benzene rings is 1. The minimum Gasteiger partial charge on any atom is -0.497 e. The Morgan fingerprint density at radius 3 is 2.71 bits per heavy atom. The molecule has 0 spiro atoms. The maximum Gasteiger partial charge on any atom is 0.407 e. The van der Waals surface area contributed by atoms with E-state index < -0.39 is 11.7 Å². The molecule has 1 aliphatic rings. The third-order valence-corrected chi connectivity index (χ3v) is 4.12. The molecular weight excluding hydrogens is 308 g/mol. The van der Waals surface area contributed by atoms with Crippen molar-refractivity contribution in [1.29, 1.82) is 0 Å².